The van der Waals surface area contributed by atoms with E-state index in [9.17, 15) is 9.59 Å². The highest BCUT2D eigenvalue weighted by molar-refractivity contribution is 6.30. The van der Waals surface area contributed by atoms with E-state index < -0.39 is 0 Å². The fourth-order valence-electron chi connectivity index (χ4n) is 2.64. The van der Waals surface area contributed by atoms with Crippen LogP contribution in [-0.2, 0) is 6.42 Å². The maximum atomic E-state index is 12.4. The third-order valence-electron chi connectivity index (χ3n) is 4.15. The van der Waals surface area contributed by atoms with Crippen molar-refractivity contribution >= 4 is 29.1 Å². The first-order valence-corrected chi connectivity index (χ1v) is 9.26. The van der Waals surface area contributed by atoms with Crippen LogP contribution >= 0.6 is 11.6 Å². The first-order chi connectivity index (χ1) is 13.5. The number of nitrogens with one attached hydrogen (secondary N) is 2. The number of pyridine rings is 1. The number of halogens is 1. The summed E-state index contributed by atoms with van der Waals surface area (Å²) in [4.78, 5) is 28.8. The quantitative estimate of drug-likeness (QED) is 0.657. The lowest BCUT2D eigenvalue weighted by molar-refractivity contribution is 0.0954. The van der Waals surface area contributed by atoms with Gasteiger partial charge in [0.2, 0.25) is 0 Å². The molecule has 1 aromatic heterocycles. The summed E-state index contributed by atoms with van der Waals surface area (Å²) in [5.41, 5.74) is 3.39. The molecule has 0 aliphatic carbocycles. The summed E-state index contributed by atoms with van der Waals surface area (Å²) >= 11 is 5.96. The van der Waals surface area contributed by atoms with Gasteiger partial charge >= 0.3 is 0 Å². The molecular weight excluding hydrogens is 374 g/mol. The predicted octanol–water partition coefficient (Wildman–Crippen LogP) is 4.27. The summed E-state index contributed by atoms with van der Waals surface area (Å²) in [5, 5.41) is 6.29. The number of nitrogens with zero attached hydrogens (tertiary/aromatic N) is 1. The average molecular weight is 394 g/mol. The summed E-state index contributed by atoms with van der Waals surface area (Å²) in [6, 6.07) is 18.0. The number of anilines is 1. The Balaban J connectivity index is 1.59. The van der Waals surface area contributed by atoms with Gasteiger partial charge in [0, 0.05) is 29.0 Å². The highest BCUT2D eigenvalue weighted by Crippen LogP contribution is 2.12. The third-order valence-corrected chi connectivity index (χ3v) is 4.39. The predicted molar refractivity (Wildman–Crippen MR) is 111 cm³/mol. The normalized spacial score (nSPS) is 10.4. The maximum absolute atomic E-state index is 12.4. The molecule has 5 nitrogen and oxygen atoms in total. The van der Waals surface area contributed by atoms with Crippen molar-refractivity contribution in [2.45, 2.75) is 13.3 Å². The van der Waals surface area contributed by atoms with Gasteiger partial charge in [0.15, 0.2) is 0 Å². The third kappa shape index (κ3) is 5.41. The van der Waals surface area contributed by atoms with Gasteiger partial charge in [0.05, 0.1) is 0 Å². The monoisotopic (exact) mass is 393 g/mol. The number of benzene rings is 2. The zero-order chi connectivity index (χ0) is 19.9. The van der Waals surface area contributed by atoms with Crippen molar-refractivity contribution in [3.63, 3.8) is 0 Å². The Bertz CT molecular complexity index is 987. The second kappa shape index (κ2) is 9.15. The van der Waals surface area contributed by atoms with Crippen LogP contribution in [0.3, 0.4) is 0 Å². The van der Waals surface area contributed by atoms with Crippen molar-refractivity contribution in [1.82, 2.24) is 10.3 Å². The molecule has 142 valence electrons. The van der Waals surface area contributed by atoms with E-state index >= 15 is 0 Å². The van der Waals surface area contributed by atoms with Gasteiger partial charge in [0.1, 0.15) is 5.69 Å². The first-order valence-electron chi connectivity index (χ1n) is 8.88. The van der Waals surface area contributed by atoms with Crippen LogP contribution in [0.25, 0.3) is 0 Å². The van der Waals surface area contributed by atoms with Crippen LogP contribution in [0.15, 0.2) is 66.9 Å². The number of carbonyl (C=O) groups excluding carboxylic acids is 2. The smallest absolute Gasteiger partial charge is 0.274 e. The fraction of sp³-hybridized carbons (Fsp3) is 0.136. The van der Waals surface area contributed by atoms with E-state index in [4.69, 9.17) is 11.6 Å². The molecule has 28 heavy (non-hydrogen) atoms. The molecule has 0 saturated carbocycles. The molecular formula is C22H20ClN3O2. The van der Waals surface area contributed by atoms with E-state index in [1.54, 1.807) is 6.07 Å². The maximum Gasteiger partial charge on any atom is 0.274 e. The summed E-state index contributed by atoms with van der Waals surface area (Å²) in [6.45, 7) is 2.44. The van der Waals surface area contributed by atoms with Crippen LogP contribution in [0.4, 0.5) is 5.69 Å². The summed E-state index contributed by atoms with van der Waals surface area (Å²) < 4.78 is 0. The molecule has 6 heteroatoms. The number of rotatable bonds is 6. The molecule has 0 aliphatic heterocycles. The van der Waals surface area contributed by atoms with Crippen molar-refractivity contribution in [3.8, 4) is 0 Å². The second-order valence-electron chi connectivity index (χ2n) is 6.39. The van der Waals surface area contributed by atoms with E-state index in [0.717, 1.165) is 11.1 Å². The Morgan fingerprint density at radius 2 is 1.79 bits per heavy atom. The van der Waals surface area contributed by atoms with Gasteiger partial charge in [-0.2, -0.15) is 0 Å². The molecule has 0 unspecified atom stereocenters. The van der Waals surface area contributed by atoms with Gasteiger partial charge in [0.25, 0.3) is 11.8 Å². The minimum Gasteiger partial charge on any atom is -0.352 e. The summed E-state index contributed by atoms with van der Waals surface area (Å²) in [7, 11) is 0. The van der Waals surface area contributed by atoms with E-state index in [-0.39, 0.29) is 17.5 Å². The first kappa shape index (κ1) is 19.6. The van der Waals surface area contributed by atoms with Gasteiger partial charge in [-0.3, -0.25) is 14.6 Å². The molecule has 3 rings (SSSR count). The van der Waals surface area contributed by atoms with Gasteiger partial charge in [-0.1, -0.05) is 41.4 Å². The lowest BCUT2D eigenvalue weighted by Gasteiger charge is -2.08. The van der Waals surface area contributed by atoms with E-state index in [0.29, 0.717) is 29.2 Å². The number of hydrogen-bond acceptors (Lipinski definition) is 3. The lowest BCUT2D eigenvalue weighted by atomic mass is 10.1. The van der Waals surface area contributed by atoms with Gasteiger partial charge in [-0.25, -0.2) is 0 Å². The van der Waals surface area contributed by atoms with Crippen molar-refractivity contribution in [2.75, 3.05) is 11.9 Å². The zero-order valence-corrected chi connectivity index (χ0v) is 16.2. The number of aryl methyl sites for hydroxylation is 1. The number of aromatic nitrogens is 1. The van der Waals surface area contributed by atoms with Crippen LogP contribution < -0.4 is 10.6 Å². The Labute approximate surface area is 168 Å². The van der Waals surface area contributed by atoms with Crippen molar-refractivity contribution < 1.29 is 9.59 Å². The molecule has 1 heterocycles. The Morgan fingerprint density at radius 1 is 1.00 bits per heavy atom. The van der Waals surface area contributed by atoms with Crippen molar-refractivity contribution in [2.24, 2.45) is 0 Å². The Hall–Kier alpha value is -3.18. The molecule has 0 atom stereocenters. The Kier molecular flexibility index (Phi) is 6.40. The van der Waals surface area contributed by atoms with E-state index in [2.05, 4.69) is 15.6 Å². The molecule has 0 saturated heterocycles. The molecule has 2 N–H and O–H groups in total. The van der Waals surface area contributed by atoms with Crippen LogP contribution in [0, 0.1) is 6.92 Å². The topological polar surface area (TPSA) is 71.1 Å². The SMILES string of the molecule is Cc1ccc(NC(=O)c2cc(C(=O)NCCc3cccc(Cl)c3)ccn2)cc1. The Morgan fingerprint density at radius 3 is 2.54 bits per heavy atom. The lowest BCUT2D eigenvalue weighted by Crippen LogP contribution is -2.26. The van der Waals surface area contributed by atoms with Gasteiger partial charge in [-0.05, 0) is 55.3 Å². The molecule has 0 fully saturated rings. The van der Waals surface area contributed by atoms with Crippen LogP contribution in [0.2, 0.25) is 5.02 Å². The van der Waals surface area contributed by atoms with Gasteiger partial charge < -0.3 is 10.6 Å². The highest BCUT2D eigenvalue weighted by Gasteiger charge is 2.12. The molecule has 0 aliphatic rings. The second-order valence-corrected chi connectivity index (χ2v) is 6.82. The van der Waals surface area contributed by atoms with E-state index in [1.165, 1.54) is 12.3 Å². The average Bonchev–Trinajstić information content (AvgIpc) is 2.70. The zero-order valence-electron chi connectivity index (χ0n) is 15.4. The van der Waals surface area contributed by atoms with Gasteiger partial charge in [-0.15, -0.1) is 0 Å². The van der Waals surface area contributed by atoms with Crippen molar-refractivity contribution in [3.05, 3.63) is 94.3 Å². The molecule has 0 spiro atoms. The highest BCUT2D eigenvalue weighted by atomic mass is 35.5. The van der Waals surface area contributed by atoms with Crippen LogP contribution in [0.5, 0.6) is 0 Å². The molecule has 2 amide bonds. The molecule has 2 aromatic carbocycles. The minimum atomic E-state index is -0.363. The molecule has 0 radical (unpaired) electrons. The van der Waals surface area contributed by atoms with E-state index in [1.807, 2.05) is 55.5 Å². The number of amides is 2. The van der Waals surface area contributed by atoms with Crippen LogP contribution in [-0.4, -0.2) is 23.3 Å². The minimum absolute atomic E-state index is 0.183. The number of carbonyl (C=O) groups is 2. The van der Waals surface area contributed by atoms with Crippen LogP contribution in [0.1, 0.15) is 32.0 Å². The molecule has 0 bridgehead atoms. The summed E-state index contributed by atoms with van der Waals surface area (Å²) in [6.07, 6.45) is 2.12. The largest absolute Gasteiger partial charge is 0.352 e. The van der Waals surface area contributed by atoms with Crippen molar-refractivity contribution in [1.29, 1.82) is 0 Å². The fourth-order valence-corrected chi connectivity index (χ4v) is 2.86. The summed E-state index contributed by atoms with van der Waals surface area (Å²) in [5.74, 6) is -0.619. The number of hydrogen-bond donors (Lipinski definition) is 2. The standard InChI is InChI=1S/C22H20ClN3O2/c1-15-5-7-19(8-6-15)26-22(28)20-14-17(10-12-24-20)21(27)25-11-9-16-3-2-4-18(23)13-16/h2-8,10,12-14H,9,11H2,1H3,(H,25,27)(H,26,28). The molecule has 3 aromatic rings.